The molecule has 0 rings (SSSR count). The maximum Gasteiger partial charge on any atom is 1.00 e. The smallest absolute Gasteiger partial charge is 0.691 e. The normalized spacial score (nSPS) is 9.75. The molecule has 0 unspecified atom stereocenters. The summed E-state index contributed by atoms with van der Waals surface area (Å²) in [5, 5.41) is 34.9. The second-order valence-corrected chi connectivity index (χ2v) is 3.43. The fourth-order valence-electron chi connectivity index (χ4n) is 0.504. The van der Waals surface area contributed by atoms with E-state index in [1.165, 1.54) is 0 Å². The summed E-state index contributed by atoms with van der Waals surface area (Å²) in [5.74, 6) is 0.727. The molecule has 16 heavy (non-hydrogen) atoms. The van der Waals surface area contributed by atoms with Crippen LogP contribution in [-0.2, 0) is 18.7 Å². The molecule has 0 bridgehead atoms. The van der Waals surface area contributed by atoms with Crippen LogP contribution in [0, 0.1) is 0 Å². The van der Waals surface area contributed by atoms with Crippen molar-refractivity contribution in [2.75, 3.05) is 24.6 Å². The predicted octanol–water partition coefficient (Wildman–Crippen LogP) is -7.57. The Labute approximate surface area is 146 Å². The van der Waals surface area contributed by atoms with Crippen LogP contribution in [0.3, 0.4) is 0 Å². The molecule has 0 atom stereocenters. The third-order valence-electron chi connectivity index (χ3n) is 1.02. The van der Waals surface area contributed by atoms with Crippen LogP contribution in [0.5, 0.6) is 0 Å². The second kappa shape index (κ2) is 19.7. The van der Waals surface area contributed by atoms with Gasteiger partial charge in [0.25, 0.3) is 0 Å². The van der Waals surface area contributed by atoms with Crippen molar-refractivity contribution in [3.63, 3.8) is 0 Å². The predicted molar refractivity (Wildman–Crippen MR) is 42.6 cm³/mol. The van der Waals surface area contributed by atoms with E-state index < -0.39 is 0 Å². The summed E-state index contributed by atoms with van der Waals surface area (Å²) in [6.45, 7) is 0.569. The topological polar surface area (TPSA) is 107 Å². The molecule has 1 N–H and O–H groups in total. The molecule has 0 spiro atoms. The molecule has 0 aliphatic carbocycles. The number of hydrogen-bond acceptors (Lipinski definition) is 10. The summed E-state index contributed by atoms with van der Waals surface area (Å²) < 4.78 is 7.92. The summed E-state index contributed by atoms with van der Waals surface area (Å²) in [7, 11) is 0. The Morgan fingerprint density at radius 2 is 1.31 bits per heavy atom. The molecule has 0 amide bonds. The molecule has 12 heteroatoms. The first-order valence-electron chi connectivity index (χ1n) is 3.41. The van der Waals surface area contributed by atoms with Crippen LogP contribution in [0.2, 0.25) is 0 Å². The molecule has 8 nitrogen and oxygen atoms in total. The van der Waals surface area contributed by atoms with Crippen LogP contribution in [0.15, 0.2) is 0 Å². The Bertz CT molecular complexity index is 117. The molecule has 0 saturated heterocycles. The van der Waals surface area contributed by atoms with Gasteiger partial charge in [0.05, 0.1) is 0 Å². The van der Waals surface area contributed by atoms with Crippen molar-refractivity contribution in [2.45, 2.75) is 0 Å². The average Bonchev–Trinajstić information content (AvgIpc) is 2.19. The molecule has 0 saturated carbocycles. The van der Waals surface area contributed by atoms with Crippen molar-refractivity contribution in [2.24, 2.45) is 0 Å². The summed E-state index contributed by atoms with van der Waals surface area (Å²) in [6, 6.07) is 0. The van der Waals surface area contributed by atoms with Crippen molar-refractivity contribution in [3.05, 3.63) is 0 Å². The zero-order valence-electron chi connectivity index (χ0n) is 8.99. The molecule has 0 aliphatic heterocycles. The largest absolute Gasteiger partial charge is 1.00 e. The van der Waals surface area contributed by atoms with Crippen molar-refractivity contribution < 1.29 is 93.6 Å². The molecule has 0 aliphatic rings. The fourth-order valence-corrected chi connectivity index (χ4v) is 1.29. The number of hydrogen-bond donors (Lipinski definition) is 1. The van der Waals surface area contributed by atoms with Gasteiger partial charge in [-0.3, -0.25) is 10.1 Å². The number of hydroxylamine groups is 2. The molecule has 0 fully saturated rings. The first-order chi connectivity index (χ1) is 6.81. The van der Waals surface area contributed by atoms with Gasteiger partial charge in [0.1, 0.15) is 0 Å². The van der Waals surface area contributed by atoms with Gasteiger partial charge in [0, 0.05) is 48.7 Å². The zero-order valence-corrected chi connectivity index (χ0v) is 14.6. The standard InChI is InChI=1S/C4H11NO7S2.2Na/c6-5(1-3-13-11-9-7)2-4-14-12-10-8;;/h6-8H,1-4H2;;/q;2*+1/p-2. The van der Waals surface area contributed by atoms with E-state index in [9.17, 15) is 10.5 Å². The van der Waals surface area contributed by atoms with E-state index in [4.69, 9.17) is 5.21 Å². The van der Waals surface area contributed by atoms with Crippen LogP contribution >= 0.6 is 24.1 Å². The number of nitrogens with zero attached hydrogens (tertiary/aromatic N) is 1. The van der Waals surface area contributed by atoms with Gasteiger partial charge in [-0.2, -0.15) is 13.7 Å². The summed E-state index contributed by atoms with van der Waals surface area (Å²) >= 11 is 1.55. The molecule has 86 valence electrons. The Balaban J connectivity index is -0.000000845. The van der Waals surface area contributed by atoms with Crippen LogP contribution in [0.1, 0.15) is 0 Å². The first kappa shape index (κ1) is 23.5. The molecule has 0 aromatic heterocycles. The minimum Gasteiger partial charge on any atom is -0.691 e. The Morgan fingerprint density at radius 3 is 1.62 bits per heavy atom. The van der Waals surface area contributed by atoms with Gasteiger partial charge < -0.3 is 15.7 Å². The third-order valence-corrected chi connectivity index (χ3v) is 2.02. The van der Waals surface area contributed by atoms with E-state index in [0.717, 1.165) is 29.1 Å². The van der Waals surface area contributed by atoms with E-state index in [-0.39, 0.29) is 72.2 Å². The average molecular weight is 293 g/mol. The molecular weight excluding hydrogens is 284 g/mol. The second-order valence-electron chi connectivity index (χ2n) is 1.87. The van der Waals surface area contributed by atoms with Crippen molar-refractivity contribution >= 4 is 24.1 Å². The SMILES string of the molecule is [Na+].[Na+].[O-]OOSCCN(O)CCSOO[O-]. The fraction of sp³-hybridized carbons (Fsp3) is 1.00. The maximum atomic E-state index is 9.34. The van der Waals surface area contributed by atoms with Gasteiger partial charge in [-0.1, -0.05) is 0 Å². The quantitative estimate of drug-likeness (QED) is 0.137. The van der Waals surface area contributed by atoms with Gasteiger partial charge in [-0.25, -0.2) is 0 Å². The minimum absolute atomic E-state index is 0. The monoisotopic (exact) mass is 293 g/mol. The minimum atomic E-state index is 0. The first-order valence-corrected chi connectivity index (χ1v) is 5.23. The molecule has 0 radical (unpaired) electrons. The van der Waals surface area contributed by atoms with Gasteiger partial charge in [0.15, 0.2) is 0 Å². The number of rotatable bonds is 10. The van der Waals surface area contributed by atoms with Crippen molar-refractivity contribution in [3.8, 4) is 0 Å². The summed E-state index contributed by atoms with van der Waals surface area (Å²) in [5.41, 5.74) is 0. The molecule has 0 heterocycles. The van der Waals surface area contributed by atoms with Crippen molar-refractivity contribution in [1.29, 1.82) is 0 Å². The van der Waals surface area contributed by atoms with Crippen LogP contribution in [0.4, 0.5) is 0 Å². The zero-order chi connectivity index (χ0) is 10.6. The van der Waals surface area contributed by atoms with E-state index in [2.05, 4.69) is 18.7 Å². The molecular formula is C4H9NNa2O7S2. The summed E-state index contributed by atoms with van der Waals surface area (Å²) in [6.07, 6.45) is 0. The Kier molecular flexibility index (Phi) is 28.9. The van der Waals surface area contributed by atoms with Gasteiger partial charge in [-0.05, 0) is 0 Å². The van der Waals surface area contributed by atoms with E-state index >= 15 is 0 Å². The maximum absolute atomic E-state index is 9.34. The van der Waals surface area contributed by atoms with Crippen LogP contribution in [-0.4, -0.2) is 34.9 Å². The van der Waals surface area contributed by atoms with Crippen LogP contribution in [0.25, 0.3) is 0 Å². The molecule has 0 aromatic carbocycles. The van der Waals surface area contributed by atoms with E-state index in [1.807, 2.05) is 0 Å². The van der Waals surface area contributed by atoms with Crippen molar-refractivity contribution in [1.82, 2.24) is 5.06 Å². The molecule has 0 aromatic rings. The summed E-state index contributed by atoms with van der Waals surface area (Å²) in [4.78, 5) is 0. The van der Waals surface area contributed by atoms with Gasteiger partial charge in [0.2, 0.25) is 0 Å². The van der Waals surface area contributed by atoms with Crippen LogP contribution < -0.4 is 69.6 Å². The van der Waals surface area contributed by atoms with Gasteiger partial charge >= 0.3 is 59.1 Å². The third kappa shape index (κ3) is 18.7. The van der Waals surface area contributed by atoms with E-state index in [0.29, 0.717) is 11.5 Å². The van der Waals surface area contributed by atoms with Gasteiger partial charge in [-0.15, -0.1) is 0 Å². The Hall–Kier alpha value is 2.38. The van der Waals surface area contributed by atoms with E-state index in [1.54, 1.807) is 0 Å². The Morgan fingerprint density at radius 1 is 0.938 bits per heavy atom.